The number of halogens is 6. The number of carbonyl (C=O) groups is 1. The quantitative estimate of drug-likeness (QED) is 0.366. The molecule has 2 unspecified atom stereocenters. The first kappa shape index (κ1) is 25.6. The lowest BCUT2D eigenvalue weighted by Gasteiger charge is -2.38. The minimum atomic E-state index is -4.99. The molecule has 0 bridgehead atoms. The van der Waals surface area contributed by atoms with Crippen LogP contribution >= 0.6 is 0 Å². The number of hydrazine groups is 1. The predicted octanol–water partition coefficient (Wildman–Crippen LogP) is 3.14. The van der Waals surface area contributed by atoms with Gasteiger partial charge in [0, 0.05) is 29.9 Å². The van der Waals surface area contributed by atoms with E-state index < -0.39 is 35.0 Å². The molecule has 186 valence electrons. The summed E-state index contributed by atoms with van der Waals surface area (Å²) in [6.07, 6.45) is -6.69. The summed E-state index contributed by atoms with van der Waals surface area (Å²) >= 11 is 0. The van der Waals surface area contributed by atoms with Crippen LogP contribution in [0.1, 0.15) is 25.0 Å². The Balaban J connectivity index is 1.65. The van der Waals surface area contributed by atoms with Crippen molar-refractivity contribution >= 4 is 12.1 Å². The molecule has 14 heteroatoms. The van der Waals surface area contributed by atoms with Crippen LogP contribution in [0.25, 0.3) is 17.6 Å². The summed E-state index contributed by atoms with van der Waals surface area (Å²) < 4.78 is 84.7. The first-order valence-electron chi connectivity index (χ1n) is 10.1. The van der Waals surface area contributed by atoms with Crippen molar-refractivity contribution in [2.45, 2.75) is 38.3 Å². The molecule has 0 spiro atoms. The molecule has 8 nitrogen and oxygen atoms in total. The van der Waals surface area contributed by atoms with E-state index in [0.717, 1.165) is 23.3 Å². The lowest BCUT2D eigenvalue weighted by Crippen LogP contribution is -2.55. The van der Waals surface area contributed by atoms with E-state index in [-0.39, 0.29) is 24.0 Å². The highest BCUT2D eigenvalue weighted by molar-refractivity contribution is 5.89. The molecule has 1 aromatic carbocycles. The molecule has 1 aliphatic heterocycles. The Morgan fingerprint density at radius 3 is 2.24 bits per heavy atom. The van der Waals surface area contributed by atoms with Crippen LogP contribution in [-0.2, 0) is 21.9 Å². The summed E-state index contributed by atoms with van der Waals surface area (Å²) in [5.74, 6) is -0.917. The second kappa shape index (κ2) is 10.1. The second-order valence-electron chi connectivity index (χ2n) is 7.73. The summed E-state index contributed by atoms with van der Waals surface area (Å²) in [6, 6.07) is 1.40. The first-order chi connectivity index (χ1) is 15.8. The molecule has 34 heavy (non-hydrogen) atoms. The van der Waals surface area contributed by atoms with Gasteiger partial charge in [-0.15, -0.1) is 5.10 Å². The van der Waals surface area contributed by atoms with E-state index >= 15 is 0 Å². The molecule has 0 saturated carbocycles. The number of amides is 1. The summed E-state index contributed by atoms with van der Waals surface area (Å²) in [5.41, 5.74) is 1.83. The number of hydrogen-bond donors (Lipinski definition) is 2. The zero-order valence-electron chi connectivity index (χ0n) is 18.1. The van der Waals surface area contributed by atoms with Crippen molar-refractivity contribution in [2.75, 3.05) is 19.9 Å². The Labute approximate surface area is 190 Å². The van der Waals surface area contributed by atoms with E-state index in [9.17, 15) is 31.1 Å². The fourth-order valence-electron chi connectivity index (χ4n) is 3.31. The average molecular weight is 492 g/mol. The number of rotatable bonds is 6. The Kier molecular flexibility index (Phi) is 7.63. The second-order valence-corrected chi connectivity index (χ2v) is 7.73. The molecule has 1 saturated heterocycles. The maximum atomic E-state index is 13.0. The third-order valence-electron chi connectivity index (χ3n) is 5.06. The predicted molar refractivity (Wildman–Crippen MR) is 109 cm³/mol. The van der Waals surface area contributed by atoms with E-state index in [2.05, 4.69) is 25.8 Å². The zero-order valence-corrected chi connectivity index (χ0v) is 18.1. The molecule has 2 heterocycles. The van der Waals surface area contributed by atoms with E-state index in [0.29, 0.717) is 32.0 Å². The molecule has 1 amide bonds. The highest BCUT2D eigenvalue weighted by Gasteiger charge is 2.37. The minimum absolute atomic E-state index is 0.0240. The average Bonchev–Trinajstić information content (AvgIpc) is 3.22. The van der Waals surface area contributed by atoms with Crippen molar-refractivity contribution in [2.24, 2.45) is 0 Å². The Hall–Kier alpha value is -2.97. The van der Waals surface area contributed by atoms with Crippen LogP contribution in [-0.4, -0.2) is 57.5 Å². The van der Waals surface area contributed by atoms with Crippen molar-refractivity contribution in [3.8, 4) is 11.4 Å². The Morgan fingerprint density at radius 1 is 1.09 bits per heavy atom. The summed E-state index contributed by atoms with van der Waals surface area (Å²) in [4.78, 5) is 17.8. The van der Waals surface area contributed by atoms with Crippen LogP contribution in [0.3, 0.4) is 0 Å². The Bertz CT molecular complexity index is 993. The maximum absolute atomic E-state index is 13.0. The lowest BCUT2D eigenvalue weighted by molar-refractivity contribution is -0.143. The molecule has 1 fully saturated rings. The van der Waals surface area contributed by atoms with Crippen LogP contribution in [0, 0.1) is 0 Å². The SMILES string of the molecule is CC1COCC(C)N1CNNC(=O)/C=C\n1cnc(-c2cc(C(F)(F)F)cc(C(F)(F)F)c2)n1. The molecular formula is C20H22F6N6O2. The van der Waals surface area contributed by atoms with Crippen molar-refractivity contribution in [1.29, 1.82) is 0 Å². The van der Waals surface area contributed by atoms with Gasteiger partial charge in [-0.1, -0.05) is 0 Å². The van der Waals surface area contributed by atoms with Crippen molar-refractivity contribution in [3.05, 3.63) is 41.7 Å². The summed E-state index contributed by atoms with van der Waals surface area (Å²) in [6.45, 7) is 5.50. The van der Waals surface area contributed by atoms with Gasteiger partial charge in [0.2, 0.25) is 0 Å². The summed E-state index contributed by atoms with van der Waals surface area (Å²) in [5, 5.41) is 3.83. The molecule has 2 aromatic rings. The van der Waals surface area contributed by atoms with Gasteiger partial charge in [0.25, 0.3) is 5.91 Å². The molecule has 0 aliphatic carbocycles. The van der Waals surface area contributed by atoms with Gasteiger partial charge in [0.1, 0.15) is 6.33 Å². The lowest BCUT2D eigenvalue weighted by atomic mass is 10.0. The zero-order chi connectivity index (χ0) is 25.1. The van der Waals surface area contributed by atoms with E-state index in [1.165, 1.54) is 0 Å². The van der Waals surface area contributed by atoms with Gasteiger partial charge in [-0.3, -0.25) is 15.1 Å². The van der Waals surface area contributed by atoms with Gasteiger partial charge in [-0.05, 0) is 32.0 Å². The number of nitrogens with one attached hydrogen (secondary N) is 2. The number of alkyl halides is 6. The summed E-state index contributed by atoms with van der Waals surface area (Å²) in [7, 11) is 0. The topological polar surface area (TPSA) is 84.3 Å². The molecule has 1 aliphatic rings. The van der Waals surface area contributed by atoms with Gasteiger partial charge in [-0.2, -0.15) is 26.3 Å². The van der Waals surface area contributed by atoms with Gasteiger partial charge < -0.3 is 4.74 Å². The van der Waals surface area contributed by atoms with E-state index in [1.54, 1.807) is 0 Å². The standard InChI is InChI=1S/C20H22F6N6O2/c1-12-8-34-9-13(2)32(12)11-28-29-17(33)3-4-31-10-27-18(30-31)14-5-15(19(21,22)23)7-16(6-14)20(24,25)26/h3-7,10,12-13,28H,8-9,11H2,1-2H3,(H,29,33)/b4-3-. The third kappa shape index (κ3) is 6.55. The Morgan fingerprint density at radius 2 is 1.68 bits per heavy atom. The molecule has 2 atom stereocenters. The normalized spacial score (nSPS) is 20.1. The number of benzene rings is 1. The van der Waals surface area contributed by atoms with Crippen LogP contribution < -0.4 is 10.9 Å². The minimum Gasteiger partial charge on any atom is -0.378 e. The van der Waals surface area contributed by atoms with Gasteiger partial charge in [0.15, 0.2) is 5.82 Å². The third-order valence-corrected chi connectivity index (χ3v) is 5.06. The van der Waals surface area contributed by atoms with Gasteiger partial charge in [0.05, 0.1) is 31.0 Å². The fraction of sp³-hybridized carbons (Fsp3) is 0.450. The molecule has 0 radical (unpaired) electrons. The number of hydrogen-bond acceptors (Lipinski definition) is 6. The number of carbonyl (C=O) groups excluding carboxylic acids is 1. The number of aromatic nitrogens is 3. The highest BCUT2D eigenvalue weighted by atomic mass is 19.4. The number of morpholine rings is 1. The smallest absolute Gasteiger partial charge is 0.378 e. The van der Waals surface area contributed by atoms with Crippen molar-refractivity contribution in [1.82, 2.24) is 30.5 Å². The van der Waals surface area contributed by atoms with Crippen molar-refractivity contribution in [3.63, 3.8) is 0 Å². The molecule has 3 rings (SSSR count). The first-order valence-corrected chi connectivity index (χ1v) is 10.1. The fourth-order valence-corrected chi connectivity index (χ4v) is 3.31. The monoisotopic (exact) mass is 492 g/mol. The van der Waals surface area contributed by atoms with Crippen molar-refractivity contribution < 1.29 is 35.9 Å². The number of ether oxygens (including phenoxy) is 1. The van der Waals surface area contributed by atoms with E-state index in [4.69, 9.17) is 4.74 Å². The van der Waals surface area contributed by atoms with Crippen LogP contribution in [0.4, 0.5) is 26.3 Å². The molecular weight excluding hydrogens is 470 g/mol. The maximum Gasteiger partial charge on any atom is 0.416 e. The van der Waals surface area contributed by atoms with Gasteiger partial charge in [-0.25, -0.2) is 15.1 Å². The van der Waals surface area contributed by atoms with Crippen LogP contribution in [0.2, 0.25) is 0 Å². The van der Waals surface area contributed by atoms with Crippen LogP contribution in [0.5, 0.6) is 0 Å². The van der Waals surface area contributed by atoms with E-state index in [1.807, 2.05) is 13.8 Å². The number of nitrogens with zero attached hydrogens (tertiary/aromatic N) is 4. The van der Waals surface area contributed by atoms with Crippen LogP contribution in [0.15, 0.2) is 30.6 Å². The largest absolute Gasteiger partial charge is 0.416 e. The molecule has 1 aromatic heterocycles. The molecule has 2 N–H and O–H groups in total. The van der Waals surface area contributed by atoms with Gasteiger partial charge >= 0.3 is 12.4 Å². The highest BCUT2D eigenvalue weighted by Crippen LogP contribution is 2.38.